The molecule has 0 atom stereocenters. The summed E-state index contributed by atoms with van der Waals surface area (Å²) < 4.78 is 38.5. The zero-order valence-corrected chi connectivity index (χ0v) is 13.1. The third-order valence-corrected chi connectivity index (χ3v) is 4.16. The molecule has 2 N–H and O–H groups in total. The highest BCUT2D eigenvalue weighted by Gasteiger charge is 2.35. The maximum atomic E-state index is 12.8. The Morgan fingerprint density at radius 1 is 1.14 bits per heavy atom. The van der Waals surface area contributed by atoms with Gasteiger partial charge in [-0.05, 0) is 25.0 Å². The molecule has 2 amide bonds. The lowest BCUT2D eigenvalue weighted by molar-refractivity contribution is -0.137. The highest BCUT2D eigenvalue weighted by molar-refractivity contribution is 6.36. The molecule has 1 aromatic rings. The van der Waals surface area contributed by atoms with Crippen molar-refractivity contribution in [3.63, 3.8) is 0 Å². The molecule has 2 rings (SSSR count). The zero-order chi connectivity index (χ0) is 16.3. The Labute approximate surface area is 136 Å². The van der Waals surface area contributed by atoms with Crippen LogP contribution in [0.3, 0.4) is 0 Å². The van der Waals surface area contributed by atoms with Crippen molar-refractivity contribution in [2.45, 2.75) is 44.3 Å². The van der Waals surface area contributed by atoms with E-state index < -0.39 is 22.8 Å². The van der Waals surface area contributed by atoms with Crippen LogP contribution in [0.1, 0.15) is 37.7 Å². The second kappa shape index (κ2) is 6.96. The predicted octanol–water partition coefficient (Wildman–Crippen LogP) is 5.47. The van der Waals surface area contributed by atoms with E-state index in [-0.39, 0.29) is 16.8 Å². The van der Waals surface area contributed by atoms with Gasteiger partial charge in [-0.15, -0.1) is 0 Å². The SMILES string of the molecule is O=C(Nc1cc(Cl)cc(C(F)(F)F)c1Cl)NC1CCCCC1. The Morgan fingerprint density at radius 3 is 2.36 bits per heavy atom. The Bertz CT molecular complexity index is 558. The first kappa shape index (κ1) is 17.2. The van der Waals surface area contributed by atoms with Crippen molar-refractivity contribution in [1.82, 2.24) is 5.32 Å². The molecule has 0 saturated heterocycles. The molecule has 0 unspecified atom stereocenters. The second-order valence-corrected chi connectivity index (χ2v) is 6.06. The summed E-state index contributed by atoms with van der Waals surface area (Å²) in [5.74, 6) is 0. The van der Waals surface area contributed by atoms with Crippen molar-refractivity contribution in [2.24, 2.45) is 0 Å². The molecule has 3 nitrogen and oxygen atoms in total. The molecule has 1 saturated carbocycles. The number of rotatable bonds is 2. The third kappa shape index (κ3) is 4.43. The standard InChI is InChI=1S/C14H15Cl2F3N2O/c15-8-6-10(14(17,18)19)12(16)11(7-8)21-13(22)20-9-4-2-1-3-5-9/h6-7,9H,1-5H2,(H2,20,21,22). The van der Waals surface area contributed by atoms with E-state index in [1.54, 1.807) is 0 Å². The number of amides is 2. The van der Waals surface area contributed by atoms with Crippen LogP contribution in [0.5, 0.6) is 0 Å². The van der Waals surface area contributed by atoms with Crippen LogP contribution in [0.25, 0.3) is 0 Å². The number of halogens is 5. The first-order valence-electron chi connectivity index (χ1n) is 6.91. The van der Waals surface area contributed by atoms with Gasteiger partial charge in [-0.1, -0.05) is 42.5 Å². The topological polar surface area (TPSA) is 41.1 Å². The Balaban J connectivity index is 2.11. The fraction of sp³-hybridized carbons (Fsp3) is 0.500. The normalized spacial score (nSPS) is 16.4. The number of benzene rings is 1. The summed E-state index contributed by atoms with van der Waals surface area (Å²) in [5.41, 5.74) is -1.23. The van der Waals surface area contributed by atoms with Crippen molar-refractivity contribution in [2.75, 3.05) is 5.32 Å². The van der Waals surface area contributed by atoms with Gasteiger partial charge in [0.15, 0.2) is 0 Å². The van der Waals surface area contributed by atoms with Crippen LogP contribution in [0.4, 0.5) is 23.7 Å². The average molecular weight is 355 g/mol. The number of alkyl halides is 3. The van der Waals surface area contributed by atoms with Crippen LogP contribution in [-0.4, -0.2) is 12.1 Å². The quantitative estimate of drug-likeness (QED) is 0.726. The van der Waals surface area contributed by atoms with Gasteiger partial charge in [-0.2, -0.15) is 13.2 Å². The molecular weight excluding hydrogens is 340 g/mol. The van der Waals surface area contributed by atoms with Gasteiger partial charge in [0.2, 0.25) is 0 Å². The first-order valence-corrected chi connectivity index (χ1v) is 7.66. The highest BCUT2D eigenvalue weighted by atomic mass is 35.5. The molecule has 1 fully saturated rings. The molecule has 0 spiro atoms. The van der Waals surface area contributed by atoms with E-state index in [1.165, 1.54) is 6.07 Å². The highest BCUT2D eigenvalue weighted by Crippen LogP contribution is 2.40. The molecule has 1 aliphatic carbocycles. The Kier molecular flexibility index (Phi) is 5.45. The minimum Gasteiger partial charge on any atom is -0.335 e. The summed E-state index contributed by atoms with van der Waals surface area (Å²) in [5, 5.41) is 4.36. The number of hydrogen-bond acceptors (Lipinski definition) is 1. The number of carbonyl (C=O) groups is 1. The third-order valence-electron chi connectivity index (χ3n) is 3.53. The van der Waals surface area contributed by atoms with Gasteiger partial charge in [-0.3, -0.25) is 0 Å². The Hall–Kier alpha value is -1.14. The lowest BCUT2D eigenvalue weighted by Gasteiger charge is -2.23. The van der Waals surface area contributed by atoms with Crippen LogP contribution in [-0.2, 0) is 6.18 Å². The molecule has 0 radical (unpaired) electrons. The molecule has 0 aliphatic heterocycles. The lowest BCUT2D eigenvalue weighted by Crippen LogP contribution is -2.39. The summed E-state index contributed by atoms with van der Waals surface area (Å²) in [6.07, 6.45) is 0.282. The van der Waals surface area contributed by atoms with E-state index in [0.29, 0.717) is 0 Å². The summed E-state index contributed by atoms with van der Waals surface area (Å²) in [4.78, 5) is 11.9. The van der Waals surface area contributed by atoms with Crippen LogP contribution < -0.4 is 10.6 Å². The molecular formula is C14H15Cl2F3N2O. The van der Waals surface area contributed by atoms with E-state index >= 15 is 0 Å². The lowest BCUT2D eigenvalue weighted by atomic mass is 9.96. The number of hydrogen-bond donors (Lipinski definition) is 2. The number of nitrogens with one attached hydrogen (secondary N) is 2. The second-order valence-electron chi connectivity index (χ2n) is 5.25. The van der Waals surface area contributed by atoms with Crippen LogP contribution in [0, 0.1) is 0 Å². The smallest absolute Gasteiger partial charge is 0.335 e. The van der Waals surface area contributed by atoms with E-state index in [0.717, 1.165) is 38.2 Å². The molecule has 1 aliphatic rings. The summed E-state index contributed by atoms with van der Waals surface area (Å²) in [7, 11) is 0. The van der Waals surface area contributed by atoms with E-state index in [1.807, 2.05) is 0 Å². The van der Waals surface area contributed by atoms with Crippen LogP contribution in [0.15, 0.2) is 12.1 Å². The van der Waals surface area contributed by atoms with Gasteiger partial charge in [0.1, 0.15) is 0 Å². The van der Waals surface area contributed by atoms with Gasteiger partial charge in [0, 0.05) is 11.1 Å². The van der Waals surface area contributed by atoms with Gasteiger partial charge < -0.3 is 10.6 Å². The molecule has 0 bridgehead atoms. The van der Waals surface area contributed by atoms with E-state index in [4.69, 9.17) is 23.2 Å². The minimum atomic E-state index is -4.64. The van der Waals surface area contributed by atoms with Gasteiger partial charge in [0.25, 0.3) is 0 Å². The number of carbonyl (C=O) groups excluding carboxylic acids is 1. The van der Waals surface area contributed by atoms with Gasteiger partial charge in [-0.25, -0.2) is 4.79 Å². The minimum absolute atomic E-state index is 0.0359. The summed E-state index contributed by atoms with van der Waals surface area (Å²) in [6, 6.07) is 1.38. The number of anilines is 1. The zero-order valence-electron chi connectivity index (χ0n) is 11.6. The maximum absolute atomic E-state index is 12.8. The molecule has 8 heteroatoms. The van der Waals surface area contributed by atoms with Crippen molar-refractivity contribution in [3.8, 4) is 0 Å². The number of urea groups is 1. The van der Waals surface area contributed by atoms with Crippen molar-refractivity contribution in [3.05, 3.63) is 27.7 Å². The van der Waals surface area contributed by atoms with E-state index in [2.05, 4.69) is 10.6 Å². The van der Waals surface area contributed by atoms with Gasteiger partial charge in [0.05, 0.1) is 16.3 Å². The summed E-state index contributed by atoms with van der Waals surface area (Å²) in [6.45, 7) is 0. The predicted molar refractivity (Wildman–Crippen MR) is 80.5 cm³/mol. The van der Waals surface area contributed by atoms with Crippen molar-refractivity contribution in [1.29, 1.82) is 0 Å². The fourth-order valence-electron chi connectivity index (χ4n) is 2.48. The summed E-state index contributed by atoms with van der Waals surface area (Å²) >= 11 is 11.4. The van der Waals surface area contributed by atoms with Crippen molar-refractivity contribution >= 4 is 34.9 Å². The van der Waals surface area contributed by atoms with Crippen LogP contribution in [0.2, 0.25) is 10.0 Å². The Morgan fingerprint density at radius 2 is 1.77 bits per heavy atom. The van der Waals surface area contributed by atoms with Crippen molar-refractivity contribution < 1.29 is 18.0 Å². The van der Waals surface area contributed by atoms with Gasteiger partial charge >= 0.3 is 12.2 Å². The van der Waals surface area contributed by atoms with E-state index in [9.17, 15) is 18.0 Å². The molecule has 0 aromatic heterocycles. The molecule has 0 heterocycles. The molecule has 122 valence electrons. The first-order chi connectivity index (χ1) is 10.3. The monoisotopic (exact) mass is 354 g/mol. The molecule has 1 aromatic carbocycles. The fourth-order valence-corrected chi connectivity index (χ4v) is 2.96. The average Bonchev–Trinajstić information content (AvgIpc) is 2.42. The maximum Gasteiger partial charge on any atom is 0.417 e. The van der Waals surface area contributed by atoms with Crippen LogP contribution >= 0.6 is 23.2 Å². The largest absolute Gasteiger partial charge is 0.417 e. The molecule has 22 heavy (non-hydrogen) atoms.